The molecule has 0 saturated heterocycles. The number of benzene rings is 1. The first kappa shape index (κ1) is 14.0. The van der Waals surface area contributed by atoms with Crippen LogP contribution in [0.5, 0.6) is 0 Å². The standard InChI is InChI=1S/C11H15ClN2O2S/c1-7(2)17(16)6-11(15)14-10-4-3-8(12)5-9(10)13/h3-5,7H,6,13H2,1-2H3,(H,14,15). The average Bonchev–Trinajstić information content (AvgIpc) is 2.22. The fraction of sp³-hybridized carbons (Fsp3) is 0.364. The Hall–Kier alpha value is -1.07. The van der Waals surface area contributed by atoms with Crippen molar-refractivity contribution in [2.24, 2.45) is 0 Å². The molecule has 0 aliphatic rings. The molecule has 0 aliphatic carbocycles. The molecule has 0 aromatic heterocycles. The third-order valence-corrected chi connectivity index (χ3v) is 3.92. The van der Waals surface area contributed by atoms with Crippen LogP contribution in [-0.4, -0.2) is 21.1 Å². The van der Waals surface area contributed by atoms with Gasteiger partial charge in [0, 0.05) is 21.1 Å². The van der Waals surface area contributed by atoms with Gasteiger partial charge in [0.1, 0.15) is 5.75 Å². The van der Waals surface area contributed by atoms with E-state index in [1.54, 1.807) is 32.0 Å². The first-order chi connectivity index (χ1) is 7.90. The molecular weight excluding hydrogens is 260 g/mol. The van der Waals surface area contributed by atoms with E-state index in [0.717, 1.165) is 0 Å². The predicted octanol–water partition coefficient (Wildman–Crippen LogP) is 2.02. The van der Waals surface area contributed by atoms with Crippen molar-refractivity contribution in [1.82, 2.24) is 0 Å². The zero-order valence-electron chi connectivity index (χ0n) is 9.70. The second-order valence-corrected chi connectivity index (χ2v) is 6.28. The summed E-state index contributed by atoms with van der Waals surface area (Å²) >= 11 is 5.74. The topological polar surface area (TPSA) is 72.2 Å². The van der Waals surface area contributed by atoms with Crippen molar-refractivity contribution in [2.75, 3.05) is 16.8 Å². The van der Waals surface area contributed by atoms with E-state index in [1.165, 1.54) is 0 Å². The third kappa shape index (κ3) is 4.36. The first-order valence-corrected chi connectivity index (χ1v) is 6.88. The fourth-order valence-electron chi connectivity index (χ4n) is 1.13. The summed E-state index contributed by atoms with van der Waals surface area (Å²) < 4.78 is 11.5. The molecule has 1 unspecified atom stereocenters. The van der Waals surface area contributed by atoms with Crippen LogP contribution in [0.4, 0.5) is 11.4 Å². The van der Waals surface area contributed by atoms with E-state index in [0.29, 0.717) is 16.4 Å². The van der Waals surface area contributed by atoms with Crippen LogP contribution < -0.4 is 11.1 Å². The second-order valence-electron chi connectivity index (χ2n) is 3.85. The number of nitrogens with one attached hydrogen (secondary N) is 1. The van der Waals surface area contributed by atoms with Crippen molar-refractivity contribution < 1.29 is 9.00 Å². The smallest absolute Gasteiger partial charge is 0.237 e. The number of nitrogen functional groups attached to an aromatic ring is 1. The molecule has 0 saturated carbocycles. The van der Waals surface area contributed by atoms with Gasteiger partial charge in [-0.25, -0.2) is 0 Å². The predicted molar refractivity (Wildman–Crippen MR) is 72.6 cm³/mol. The molecule has 0 bridgehead atoms. The van der Waals surface area contributed by atoms with Crippen LogP contribution >= 0.6 is 11.6 Å². The second kappa shape index (κ2) is 6.02. The Bertz CT molecular complexity index is 449. The minimum Gasteiger partial charge on any atom is -0.397 e. The Morgan fingerprint density at radius 2 is 2.18 bits per heavy atom. The number of anilines is 2. The van der Waals surface area contributed by atoms with Crippen molar-refractivity contribution in [2.45, 2.75) is 19.1 Å². The molecule has 1 amide bonds. The minimum absolute atomic E-state index is 0.0280. The summed E-state index contributed by atoms with van der Waals surface area (Å²) in [5.74, 6) is -0.342. The van der Waals surface area contributed by atoms with Crippen LogP contribution in [-0.2, 0) is 15.6 Å². The Morgan fingerprint density at radius 1 is 1.53 bits per heavy atom. The SMILES string of the molecule is CC(C)S(=O)CC(=O)Nc1ccc(Cl)cc1N. The van der Waals surface area contributed by atoms with Crippen LogP contribution in [0.15, 0.2) is 18.2 Å². The molecule has 0 heterocycles. The lowest BCUT2D eigenvalue weighted by Gasteiger charge is -2.09. The Morgan fingerprint density at radius 3 is 2.71 bits per heavy atom. The van der Waals surface area contributed by atoms with Gasteiger partial charge < -0.3 is 11.1 Å². The molecule has 17 heavy (non-hydrogen) atoms. The summed E-state index contributed by atoms with van der Waals surface area (Å²) in [6, 6.07) is 4.80. The molecule has 1 rings (SSSR count). The van der Waals surface area contributed by atoms with Gasteiger partial charge in [-0.15, -0.1) is 0 Å². The summed E-state index contributed by atoms with van der Waals surface area (Å²) in [5.41, 5.74) is 6.56. The maximum atomic E-state index is 11.6. The van der Waals surface area contributed by atoms with Crippen molar-refractivity contribution in [3.8, 4) is 0 Å². The van der Waals surface area contributed by atoms with Crippen LogP contribution in [0, 0.1) is 0 Å². The van der Waals surface area contributed by atoms with Crippen molar-refractivity contribution in [1.29, 1.82) is 0 Å². The molecule has 1 aromatic rings. The molecule has 3 N–H and O–H groups in total. The summed E-state index contributed by atoms with van der Waals surface area (Å²) in [6.07, 6.45) is 0. The number of nitrogens with two attached hydrogens (primary N) is 1. The van der Waals surface area contributed by atoms with Crippen LogP contribution in [0.1, 0.15) is 13.8 Å². The normalized spacial score (nSPS) is 12.5. The molecule has 1 atom stereocenters. The lowest BCUT2D eigenvalue weighted by atomic mass is 10.2. The molecule has 6 heteroatoms. The number of rotatable bonds is 4. The van der Waals surface area contributed by atoms with E-state index >= 15 is 0 Å². The van der Waals surface area contributed by atoms with Crippen molar-refractivity contribution in [3.05, 3.63) is 23.2 Å². The van der Waals surface area contributed by atoms with E-state index in [9.17, 15) is 9.00 Å². The highest BCUT2D eigenvalue weighted by Crippen LogP contribution is 2.22. The zero-order chi connectivity index (χ0) is 13.0. The summed E-state index contributed by atoms with van der Waals surface area (Å²) in [7, 11) is -1.17. The van der Waals surface area contributed by atoms with Crippen LogP contribution in [0.25, 0.3) is 0 Å². The number of carbonyl (C=O) groups excluding carboxylic acids is 1. The van der Waals surface area contributed by atoms with Gasteiger partial charge >= 0.3 is 0 Å². The summed E-state index contributed by atoms with van der Waals surface area (Å²) in [5, 5.41) is 3.07. The maximum absolute atomic E-state index is 11.6. The summed E-state index contributed by atoms with van der Waals surface area (Å²) in [6.45, 7) is 3.61. The Kier molecular flexibility index (Phi) is 4.96. The zero-order valence-corrected chi connectivity index (χ0v) is 11.3. The number of carbonyl (C=O) groups is 1. The van der Waals surface area contributed by atoms with Crippen molar-refractivity contribution >= 4 is 39.7 Å². The van der Waals surface area contributed by atoms with Gasteiger partial charge in [0.2, 0.25) is 5.91 Å². The Labute approximate surface area is 108 Å². The fourth-order valence-corrected chi connectivity index (χ4v) is 1.97. The lowest BCUT2D eigenvalue weighted by Crippen LogP contribution is -2.23. The van der Waals surface area contributed by atoms with Gasteiger partial charge in [-0.05, 0) is 18.2 Å². The number of halogens is 1. The first-order valence-electron chi connectivity index (χ1n) is 5.12. The molecule has 0 spiro atoms. The van der Waals surface area contributed by atoms with Gasteiger partial charge in [-0.3, -0.25) is 9.00 Å². The van der Waals surface area contributed by atoms with Gasteiger partial charge in [0.15, 0.2) is 0 Å². The van der Waals surface area contributed by atoms with Gasteiger partial charge in [-0.2, -0.15) is 0 Å². The number of hydrogen-bond donors (Lipinski definition) is 2. The van der Waals surface area contributed by atoms with E-state index < -0.39 is 10.8 Å². The average molecular weight is 275 g/mol. The van der Waals surface area contributed by atoms with E-state index in [-0.39, 0.29) is 16.9 Å². The largest absolute Gasteiger partial charge is 0.397 e. The molecule has 4 nitrogen and oxygen atoms in total. The Balaban J connectivity index is 2.65. The minimum atomic E-state index is -1.17. The molecule has 0 fully saturated rings. The van der Waals surface area contributed by atoms with Gasteiger partial charge in [0.25, 0.3) is 0 Å². The summed E-state index contributed by atoms with van der Waals surface area (Å²) in [4.78, 5) is 11.6. The lowest BCUT2D eigenvalue weighted by molar-refractivity contribution is -0.113. The highest BCUT2D eigenvalue weighted by Gasteiger charge is 2.12. The van der Waals surface area contributed by atoms with Gasteiger partial charge in [0.05, 0.1) is 11.4 Å². The van der Waals surface area contributed by atoms with E-state index in [1.807, 2.05) is 0 Å². The van der Waals surface area contributed by atoms with Crippen molar-refractivity contribution in [3.63, 3.8) is 0 Å². The molecule has 0 radical (unpaired) electrons. The van der Waals surface area contributed by atoms with Gasteiger partial charge in [-0.1, -0.05) is 25.4 Å². The number of hydrogen-bond acceptors (Lipinski definition) is 3. The molecular formula is C11H15ClN2O2S. The van der Waals surface area contributed by atoms with E-state index in [2.05, 4.69) is 5.32 Å². The molecule has 1 aromatic carbocycles. The van der Waals surface area contributed by atoms with Crippen LogP contribution in [0.3, 0.4) is 0 Å². The quantitative estimate of drug-likeness (QED) is 0.825. The highest BCUT2D eigenvalue weighted by atomic mass is 35.5. The van der Waals surface area contributed by atoms with Crippen LogP contribution in [0.2, 0.25) is 5.02 Å². The highest BCUT2D eigenvalue weighted by molar-refractivity contribution is 7.86. The molecule has 0 aliphatic heterocycles. The third-order valence-electron chi connectivity index (χ3n) is 2.09. The monoisotopic (exact) mass is 274 g/mol. The van der Waals surface area contributed by atoms with E-state index in [4.69, 9.17) is 17.3 Å². The maximum Gasteiger partial charge on any atom is 0.237 e. The number of amides is 1. The molecule has 94 valence electrons.